The summed E-state index contributed by atoms with van der Waals surface area (Å²) in [6.07, 6.45) is -0.335. The van der Waals surface area contributed by atoms with Gasteiger partial charge in [0.25, 0.3) is 0 Å². The first-order chi connectivity index (χ1) is 12.2. The standard InChI is InChI=1S/C19H36O7Si/c1-18(2,3)27(7,8)26-14(10-9-11-15(21)23-6)16(22)17-13(20)12-24-19(4,5)25-17/h9,11,13-14,16-17,20,22H,10,12H2,1-8H3/b11-9+/t13-,14-,16+,17-/m0/s1. The Morgan fingerprint density at radius 1 is 1.37 bits per heavy atom. The summed E-state index contributed by atoms with van der Waals surface area (Å²) in [5, 5.41) is 21.2. The highest BCUT2D eigenvalue weighted by atomic mass is 28.4. The fraction of sp³-hybridized carbons (Fsp3) is 0.842. The fourth-order valence-corrected chi connectivity index (χ4v) is 3.86. The van der Waals surface area contributed by atoms with Crippen molar-refractivity contribution in [3.63, 3.8) is 0 Å². The monoisotopic (exact) mass is 404 g/mol. The van der Waals surface area contributed by atoms with Crippen molar-refractivity contribution in [2.45, 2.75) is 89.4 Å². The number of aliphatic hydroxyl groups excluding tert-OH is 2. The third kappa shape index (κ3) is 6.96. The average molecular weight is 405 g/mol. The molecule has 0 radical (unpaired) electrons. The fourth-order valence-electron chi connectivity index (χ4n) is 2.51. The lowest BCUT2D eigenvalue weighted by atomic mass is 9.99. The molecule has 0 aromatic rings. The van der Waals surface area contributed by atoms with E-state index in [4.69, 9.17) is 13.9 Å². The number of hydrogen-bond donors (Lipinski definition) is 2. The highest BCUT2D eigenvalue weighted by Gasteiger charge is 2.46. The zero-order chi connectivity index (χ0) is 21.0. The Hall–Kier alpha value is -0.773. The van der Waals surface area contributed by atoms with Crippen molar-refractivity contribution in [1.29, 1.82) is 0 Å². The summed E-state index contributed by atoms with van der Waals surface area (Å²) in [4.78, 5) is 11.4. The number of esters is 1. The maximum absolute atomic E-state index is 11.4. The molecule has 158 valence electrons. The Morgan fingerprint density at radius 2 is 1.96 bits per heavy atom. The van der Waals surface area contributed by atoms with E-state index in [1.54, 1.807) is 19.9 Å². The van der Waals surface area contributed by atoms with E-state index in [0.717, 1.165) is 0 Å². The van der Waals surface area contributed by atoms with E-state index >= 15 is 0 Å². The van der Waals surface area contributed by atoms with E-state index in [2.05, 4.69) is 38.6 Å². The Labute approximate surface area is 163 Å². The van der Waals surface area contributed by atoms with Crippen LogP contribution in [-0.2, 0) is 23.4 Å². The molecule has 0 aromatic heterocycles. The second kappa shape index (κ2) is 9.15. The summed E-state index contributed by atoms with van der Waals surface area (Å²) < 4.78 is 22.2. The van der Waals surface area contributed by atoms with Crippen molar-refractivity contribution < 1.29 is 33.6 Å². The van der Waals surface area contributed by atoms with Crippen molar-refractivity contribution in [2.24, 2.45) is 0 Å². The van der Waals surface area contributed by atoms with Crippen molar-refractivity contribution in [3.05, 3.63) is 12.2 Å². The van der Waals surface area contributed by atoms with E-state index in [-0.39, 0.29) is 18.1 Å². The minimum absolute atomic E-state index is 0.0640. The third-order valence-electron chi connectivity index (χ3n) is 5.19. The predicted octanol–water partition coefficient (Wildman–Crippen LogP) is 2.37. The molecule has 1 aliphatic rings. The summed E-state index contributed by atoms with van der Waals surface area (Å²) in [6, 6.07) is 0. The van der Waals surface area contributed by atoms with Gasteiger partial charge in [-0.15, -0.1) is 0 Å². The number of hydrogen-bond acceptors (Lipinski definition) is 7. The zero-order valence-electron chi connectivity index (χ0n) is 17.8. The Bertz CT molecular complexity index is 525. The van der Waals surface area contributed by atoms with Crippen LogP contribution in [0.1, 0.15) is 41.0 Å². The van der Waals surface area contributed by atoms with Gasteiger partial charge in [0, 0.05) is 6.08 Å². The van der Waals surface area contributed by atoms with Crippen molar-refractivity contribution in [2.75, 3.05) is 13.7 Å². The largest absolute Gasteiger partial charge is 0.466 e. The van der Waals surface area contributed by atoms with Crippen LogP contribution in [0.5, 0.6) is 0 Å². The van der Waals surface area contributed by atoms with Crippen LogP contribution >= 0.6 is 0 Å². The van der Waals surface area contributed by atoms with Gasteiger partial charge in [0.1, 0.15) is 18.3 Å². The molecular formula is C19H36O7Si. The molecule has 2 N–H and O–H groups in total. The van der Waals surface area contributed by atoms with Crippen LogP contribution in [-0.4, -0.2) is 68.4 Å². The summed E-state index contributed by atoms with van der Waals surface area (Å²) in [5.41, 5.74) is 0. The van der Waals surface area contributed by atoms with Gasteiger partial charge in [0.05, 0.1) is 19.8 Å². The molecule has 0 amide bonds. The molecule has 1 heterocycles. The van der Waals surface area contributed by atoms with E-state index in [1.165, 1.54) is 13.2 Å². The van der Waals surface area contributed by atoms with E-state index in [0.29, 0.717) is 0 Å². The summed E-state index contributed by atoms with van der Waals surface area (Å²) in [6.45, 7) is 14.0. The van der Waals surface area contributed by atoms with Gasteiger partial charge in [0.15, 0.2) is 14.1 Å². The van der Waals surface area contributed by atoms with Crippen LogP contribution in [0.3, 0.4) is 0 Å². The molecule has 1 fully saturated rings. The normalized spacial score (nSPS) is 26.0. The first-order valence-corrected chi connectivity index (χ1v) is 12.2. The maximum atomic E-state index is 11.4. The minimum Gasteiger partial charge on any atom is -0.466 e. The van der Waals surface area contributed by atoms with Gasteiger partial charge in [-0.25, -0.2) is 4.79 Å². The second-order valence-electron chi connectivity index (χ2n) is 8.93. The smallest absolute Gasteiger partial charge is 0.330 e. The molecule has 0 aliphatic carbocycles. The maximum Gasteiger partial charge on any atom is 0.330 e. The van der Waals surface area contributed by atoms with Crippen LogP contribution in [0.4, 0.5) is 0 Å². The van der Waals surface area contributed by atoms with Gasteiger partial charge in [-0.05, 0) is 38.4 Å². The molecular weight excluding hydrogens is 368 g/mol. The molecule has 7 nitrogen and oxygen atoms in total. The van der Waals surface area contributed by atoms with Crippen molar-refractivity contribution >= 4 is 14.3 Å². The molecule has 0 unspecified atom stereocenters. The first kappa shape index (κ1) is 24.3. The lowest BCUT2D eigenvalue weighted by Crippen LogP contribution is -2.58. The van der Waals surface area contributed by atoms with Crippen molar-refractivity contribution in [3.8, 4) is 0 Å². The van der Waals surface area contributed by atoms with Crippen LogP contribution in [0.25, 0.3) is 0 Å². The zero-order valence-corrected chi connectivity index (χ0v) is 18.8. The SMILES string of the molecule is COC(=O)/C=C/C[C@H](O[Si](C)(C)C(C)(C)C)[C@@H](O)[C@H]1OC(C)(C)OC[C@@H]1O. The number of carbonyl (C=O) groups excluding carboxylic acids is 1. The van der Waals surface area contributed by atoms with Crippen LogP contribution < -0.4 is 0 Å². The Kier molecular flexibility index (Phi) is 8.22. The van der Waals surface area contributed by atoms with Gasteiger partial charge in [0.2, 0.25) is 0 Å². The van der Waals surface area contributed by atoms with Crippen LogP contribution in [0.15, 0.2) is 12.2 Å². The quantitative estimate of drug-likeness (QED) is 0.382. The van der Waals surface area contributed by atoms with Crippen LogP contribution in [0.2, 0.25) is 18.1 Å². The number of rotatable bonds is 7. The summed E-state index contributed by atoms with van der Waals surface area (Å²) in [5.74, 6) is -1.38. The van der Waals surface area contributed by atoms with Crippen molar-refractivity contribution in [1.82, 2.24) is 0 Å². The predicted molar refractivity (Wildman–Crippen MR) is 105 cm³/mol. The van der Waals surface area contributed by atoms with Gasteiger partial charge < -0.3 is 28.8 Å². The van der Waals surface area contributed by atoms with Gasteiger partial charge in [-0.3, -0.25) is 0 Å². The van der Waals surface area contributed by atoms with Gasteiger partial charge in [-0.2, -0.15) is 0 Å². The number of methoxy groups -OCH3 is 1. The lowest BCUT2D eigenvalue weighted by molar-refractivity contribution is -0.323. The molecule has 1 rings (SSSR count). The topological polar surface area (TPSA) is 94.5 Å². The molecule has 27 heavy (non-hydrogen) atoms. The second-order valence-corrected chi connectivity index (χ2v) is 13.7. The molecule has 8 heteroatoms. The third-order valence-corrected chi connectivity index (χ3v) is 9.70. The molecule has 4 atom stereocenters. The molecule has 0 aromatic carbocycles. The first-order valence-electron chi connectivity index (χ1n) is 9.30. The summed E-state index contributed by atoms with van der Waals surface area (Å²) >= 11 is 0. The van der Waals surface area contributed by atoms with Crippen LogP contribution in [0, 0.1) is 0 Å². The Balaban J connectivity index is 3.04. The minimum atomic E-state index is -2.22. The number of ether oxygens (including phenoxy) is 3. The highest BCUT2D eigenvalue weighted by molar-refractivity contribution is 6.74. The summed E-state index contributed by atoms with van der Waals surface area (Å²) in [7, 11) is -0.911. The van der Waals surface area contributed by atoms with E-state index < -0.39 is 44.5 Å². The van der Waals surface area contributed by atoms with E-state index in [9.17, 15) is 15.0 Å². The number of carbonyl (C=O) groups is 1. The molecule has 0 bridgehead atoms. The van der Waals surface area contributed by atoms with E-state index in [1.807, 2.05) is 0 Å². The lowest BCUT2D eigenvalue weighted by Gasteiger charge is -2.45. The molecule has 0 saturated carbocycles. The molecule has 0 spiro atoms. The molecule has 1 aliphatic heterocycles. The number of aliphatic hydroxyl groups is 2. The average Bonchev–Trinajstić information content (AvgIpc) is 2.54. The highest BCUT2D eigenvalue weighted by Crippen LogP contribution is 2.39. The Morgan fingerprint density at radius 3 is 2.48 bits per heavy atom. The van der Waals surface area contributed by atoms with Gasteiger partial charge >= 0.3 is 5.97 Å². The van der Waals surface area contributed by atoms with Gasteiger partial charge in [-0.1, -0.05) is 26.8 Å². The molecule has 1 saturated heterocycles.